The summed E-state index contributed by atoms with van der Waals surface area (Å²) in [5.41, 5.74) is 5.56. The maximum atomic E-state index is 13.7. The second-order valence-corrected chi connectivity index (χ2v) is 7.19. The van der Waals surface area contributed by atoms with E-state index in [4.69, 9.17) is 17.3 Å². The summed E-state index contributed by atoms with van der Waals surface area (Å²) in [6, 6.07) is 7.97. The number of nitrogens with two attached hydrogens (primary N) is 1. The third-order valence-corrected chi connectivity index (χ3v) is 5.03. The maximum absolute atomic E-state index is 13.7. The number of hydrogen-bond donors (Lipinski definition) is 2. The normalized spacial score (nSPS) is 12.5. The van der Waals surface area contributed by atoms with Crippen molar-refractivity contribution in [3.05, 3.63) is 64.7 Å². The Labute approximate surface area is 184 Å². The van der Waals surface area contributed by atoms with Crippen molar-refractivity contribution < 1.29 is 13.2 Å². The zero-order valence-electron chi connectivity index (χ0n) is 16.4. The number of hydrogen-bond acceptors (Lipinski definition) is 7. The van der Waals surface area contributed by atoms with E-state index >= 15 is 0 Å². The van der Waals surface area contributed by atoms with Crippen molar-refractivity contribution in [2.24, 2.45) is 0 Å². The summed E-state index contributed by atoms with van der Waals surface area (Å²) in [6.07, 6.45) is -2.07. The monoisotopic (exact) mass is 458 g/mol. The molecular weight excluding hydrogens is 445 g/mol. The fourth-order valence-corrected chi connectivity index (χ4v) is 3.45. The van der Waals surface area contributed by atoms with Crippen LogP contribution >= 0.6 is 11.6 Å². The SMILES string of the molecule is C[C@H](Nc1ncnc(N)c1C#N)c1cc2ncc(Cl)n2nc1-c1ccccc1C(F)(F)F. The molecule has 1 aromatic carbocycles. The number of aromatic nitrogens is 5. The van der Waals surface area contributed by atoms with Crippen LogP contribution in [0.5, 0.6) is 0 Å². The van der Waals surface area contributed by atoms with Crippen molar-refractivity contribution in [1.29, 1.82) is 5.26 Å². The minimum atomic E-state index is -4.60. The molecule has 0 radical (unpaired) electrons. The highest BCUT2D eigenvalue weighted by Crippen LogP contribution is 2.39. The van der Waals surface area contributed by atoms with E-state index < -0.39 is 17.8 Å². The summed E-state index contributed by atoms with van der Waals surface area (Å²) in [4.78, 5) is 12.0. The quantitative estimate of drug-likeness (QED) is 0.462. The molecule has 0 saturated carbocycles. The molecule has 162 valence electrons. The number of halogens is 4. The lowest BCUT2D eigenvalue weighted by Gasteiger charge is -2.21. The largest absolute Gasteiger partial charge is 0.417 e. The van der Waals surface area contributed by atoms with Crippen LogP contribution in [-0.4, -0.2) is 24.6 Å². The van der Waals surface area contributed by atoms with Gasteiger partial charge in [-0.1, -0.05) is 29.8 Å². The summed E-state index contributed by atoms with van der Waals surface area (Å²) >= 11 is 6.11. The fourth-order valence-electron chi connectivity index (χ4n) is 3.28. The summed E-state index contributed by atoms with van der Waals surface area (Å²) in [6.45, 7) is 1.69. The van der Waals surface area contributed by atoms with E-state index in [1.807, 2.05) is 6.07 Å². The van der Waals surface area contributed by atoms with E-state index in [1.54, 1.807) is 13.0 Å². The number of nitriles is 1. The third kappa shape index (κ3) is 3.76. The van der Waals surface area contributed by atoms with Gasteiger partial charge in [-0.2, -0.15) is 23.5 Å². The molecule has 8 nitrogen and oxygen atoms in total. The Morgan fingerprint density at radius 3 is 2.69 bits per heavy atom. The van der Waals surface area contributed by atoms with Gasteiger partial charge in [0.2, 0.25) is 0 Å². The molecule has 3 heterocycles. The molecule has 0 aliphatic carbocycles. The highest BCUT2D eigenvalue weighted by atomic mass is 35.5. The average Bonchev–Trinajstić information content (AvgIpc) is 3.12. The number of benzene rings is 1. The predicted molar refractivity (Wildman–Crippen MR) is 112 cm³/mol. The first kappa shape index (κ1) is 21.3. The lowest BCUT2D eigenvalue weighted by Crippen LogP contribution is -2.15. The van der Waals surface area contributed by atoms with Gasteiger partial charge >= 0.3 is 6.18 Å². The average molecular weight is 459 g/mol. The Morgan fingerprint density at radius 1 is 1.22 bits per heavy atom. The zero-order chi connectivity index (χ0) is 23.0. The first-order valence-electron chi connectivity index (χ1n) is 9.18. The number of nitrogens with one attached hydrogen (secondary N) is 1. The maximum Gasteiger partial charge on any atom is 0.417 e. The molecule has 4 rings (SSSR count). The summed E-state index contributed by atoms with van der Waals surface area (Å²) < 4.78 is 42.5. The number of imidazole rings is 1. The summed E-state index contributed by atoms with van der Waals surface area (Å²) in [5, 5.41) is 16.9. The minimum absolute atomic E-state index is 0.0199. The summed E-state index contributed by atoms with van der Waals surface area (Å²) in [7, 11) is 0. The molecule has 0 saturated heterocycles. The van der Waals surface area contributed by atoms with Gasteiger partial charge in [0.1, 0.15) is 29.6 Å². The van der Waals surface area contributed by atoms with Crippen LogP contribution in [0.4, 0.5) is 24.8 Å². The molecule has 32 heavy (non-hydrogen) atoms. The zero-order valence-corrected chi connectivity index (χ0v) is 17.1. The number of alkyl halides is 3. The third-order valence-electron chi connectivity index (χ3n) is 4.78. The molecule has 12 heteroatoms. The van der Waals surface area contributed by atoms with Crippen LogP contribution in [-0.2, 0) is 6.18 Å². The van der Waals surface area contributed by atoms with Crippen molar-refractivity contribution in [1.82, 2.24) is 24.6 Å². The lowest BCUT2D eigenvalue weighted by atomic mass is 9.97. The molecule has 3 N–H and O–H groups in total. The van der Waals surface area contributed by atoms with Gasteiger partial charge < -0.3 is 11.1 Å². The number of fused-ring (bicyclic) bond motifs is 1. The Bertz CT molecular complexity index is 1360. The van der Waals surface area contributed by atoms with E-state index in [1.165, 1.54) is 35.2 Å². The van der Waals surface area contributed by atoms with Crippen LogP contribution < -0.4 is 11.1 Å². The fraction of sp³-hybridized carbons (Fsp3) is 0.150. The molecular formula is C20H14ClF3N8. The molecule has 0 bridgehead atoms. The van der Waals surface area contributed by atoms with Gasteiger partial charge in [-0.3, -0.25) is 0 Å². The van der Waals surface area contributed by atoms with Gasteiger partial charge in [-0.15, -0.1) is 0 Å². The first-order valence-corrected chi connectivity index (χ1v) is 9.56. The van der Waals surface area contributed by atoms with E-state index in [0.29, 0.717) is 11.2 Å². The van der Waals surface area contributed by atoms with Crippen molar-refractivity contribution >= 4 is 28.9 Å². The van der Waals surface area contributed by atoms with Crippen LogP contribution in [0.1, 0.15) is 29.7 Å². The topological polar surface area (TPSA) is 118 Å². The van der Waals surface area contributed by atoms with Gasteiger partial charge in [0.05, 0.1) is 23.5 Å². The number of anilines is 2. The standard InChI is InChI=1S/C20H14ClF3N8/c1-10(30-19-13(7-25)18(26)28-9-29-19)12-6-16-27-8-15(21)32(16)31-17(12)11-4-2-3-5-14(11)20(22,23)24/h2-6,8-10H,1H3,(H3,26,28,29,30)/t10-/m0/s1. The van der Waals surface area contributed by atoms with Crippen LogP contribution in [0.15, 0.2) is 42.9 Å². The molecule has 3 aromatic heterocycles. The van der Waals surface area contributed by atoms with Gasteiger partial charge in [0.15, 0.2) is 10.8 Å². The van der Waals surface area contributed by atoms with Crippen molar-refractivity contribution in [2.45, 2.75) is 19.1 Å². The van der Waals surface area contributed by atoms with Crippen LogP contribution in [0.2, 0.25) is 5.15 Å². The molecule has 0 aliphatic rings. The highest BCUT2D eigenvalue weighted by Gasteiger charge is 2.35. The van der Waals surface area contributed by atoms with Gasteiger partial charge in [0, 0.05) is 11.1 Å². The second-order valence-electron chi connectivity index (χ2n) is 6.80. The van der Waals surface area contributed by atoms with Crippen molar-refractivity contribution in [3.63, 3.8) is 0 Å². The van der Waals surface area contributed by atoms with Gasteiger partial charge in [-0.25, -0.2) is 19.5 Å². The second kappa shape index (κ2) is 7.97. The van der Waals surface area contributed by atoms with Crippen LogP contribution in [0.3, 0.4) is 0 Å². The molecule has 0 amide bonds. The Kier molecular flexibility index (Phi) is 5.31. The molecule has 0 unspecified atom stereocenters. The number of nitrogens with zero attached hydrogens (tertiary/aromatic N) is 6. The Balaban J connectivity index is 1.91. The molecule has 1 atom stereocenters. The van der Waals surface area contributed by atoms with E-state index in [2.05, 4.69) is 25.4 Å². The number of rotatable bonds is 4. The number of nitrogen functional groups attached to an aromatic ring is 1. The van der Waals surface area contributed by atoms with E-state index in [9.17, 15) is 18.4 Å². The Morgan fingerprint density at radius 2 is 1.97 bits per heavy atom. The van der Waals surface area contributed by atoms with Crippen molar-refractivity contribution in [2.75, 3.05) is 11.1 Å². The first-order chi connectivity index (χ1) is 15.2. The van der Waals surface area contributed by atoms with E-state index in [0.717, 1.165) is 6.07 Å². The smallest absolute Gasteiger partial charge is 0.382 e. The van der Waals surface area contributed by atoms with Gasteiger partial charge in [-0.05, 0) is 19.1 Å². The highest BCUT2D eigenvalue weighted by molar-refractivity contribution is 6.29. The molecule has 0 fully saturated rings. The predicted octanol–water partition coefficient (Wildman–Crippen LogP) is 4.49. The van der Waals surface area contributed by atoms with E-state index in [-0.39, 0.29) is 33.6 Å². The van der Waals surface area contributed by atoms with Crippen LogP contribution in [0, 0.1) is 11.3 Å². The lowest BCUT2D eigenvalue weighted by molar-refractivity contribution is -0.137. The van der Waals surface area contributed by atoms with Gasteiger partial charge in [0.25, 0.3) is 0 Å². The van der Waals surface area contributed by atoms with Crippen LogP contribution in [0.25, 0.3) is 16.9 Å². The molecule has 0 spiro atoms. The van der Waals surface area contributed by atoms with Crippen molar-refractivity contribution in [3.8, 4) is 17.3 Å². The molecule has 4 aromatic rings. The molecule has 0 aliphatic heterocycles. The minimum Gasteiger partial charge on any atom is -0.382 e. The Hall–Kier alpha value is -3.91. The summed E-state index contributed by atoms with van der Waals surface area (Å²) in [5.74, 6) is 0.122.